The van der Waals surface area contributed by atoms with Crippen molar-refractivity contribution in [2.45, 2.75) is 18.2 Å². The number of hydrogen-bond donors (Lipinski definition) is 1. The summed E-state index contributed by atoms with van der Waals surface area (Å²) in [4.78, 5) is 15.3. The van der Waals surface area contributed by atoms with Crippen LogP contribution < -0.4 is 0 Å². The summed E-state index contributed by atoms with van der Waals surface area (Å²) in [6, 6.07) is 5.93. The third kappa shape index (κ3) is 2.72. The molecule has 0 unspecified atom stereocenters. The van der Waals surface area contributed by atoms with E-state index in [0.29, 0.717) is 17.7 Å². The van der Waals surface area contributed by atoms with Crippen LogP contribution in [-0.2, 0) is 16.3 Å². The molecule has 0 radical (unpaired) electrons. The van der Waals surface area contributed by atoms with Crippen molar-refractivity contribution in [2.24, 2.45) is 0 Å². The van der Waals surface area contributed by atoms with Crippen LogP contribution in [0.2, 0.25) is 0 Å². The Kier molecular flexibility index (Phi) is 3.63. The zero-order valence-electron chi connectivity index (χ0n) is 11.0. The fourth-order valence-electron chi connectivity index (χ4n) is 1.73. The second kappa shape index (κ2) is 5.09. The molecule has 7 heteroatoms. The maximum atomic E-state index is 11.4. The minimum Gasteiger partial charge on any atom is -0.475 e. The van der Waals surface area contributed by atoms with Crippen LogP contribution in [0.4, 0.5) is 0 Å². The Labute approximate surface area is 116 Å². The molecule has 6 nitrogen and oxygen atoms in total. The molecule has 2 aromatic rings. The summed E-state index contributed by atoms with van der Waals surface area (Å²) in [5, 5.41) is 8.99. The van der Waals surface area contributed by atoms with Gasteiger partial charge in [-0.1, -0.05) is 6.92 Å². The maximum Gasteiger partial charge on any atom is 0.373 e. The highest BCUT2D eigenvalue weighted by Crippen LogP contribution is 2.24. The van der Waals surface area contributed by atoms with Gasteiger partial charge in [-0.3, -0.25) is 0 Å². The lowest BCUT2D eigenvalue weighted by atomic mass is 10.2. The third-order valence-corrected chi connectivity index (χ3v) is 3.88. The molecule has 1 aromatic heterocycles. The van der Waals surface area contributed by atoms with Gasteiger partial charge in [-0.25, -0.2) is 18.2 Å². The zero-order chi connectivity index (χ0) is 14.9. The van der Waals surface area contributed by atoms with Crippen LogP contribution in [0, 0.1) is 0 Å². The summed E-state index contributed by atoms with van der Waals surface area (Å²) in [6.07, 6.45) is 1.55. The minimum atomic E-state index is -3.27. The minimum absolute atomic E-state index is 0.166. The van der Waals surface area contributed by atoms with Gasteiger partial charge in [0, 0.05) is 11.8 Å². The topological polar surface area (TPSA) is 97.5 Å². The van der Waals surface area contributed by atoms with Crippen LogP contribution in [-0.4, -0.2) is 30.7 Å². The van der Waals surface area contributed by atoms with Gasteiger partial charge < -0.3 is 9.52 Å². The zero-order valence-corrected chi connectivity index (χ0v) is 11.8. The summed E-state index contributed by atoms with van der Waals surface area (Å²) >= 11 is 0. The molecule has 106 valence electrons. The Hall–Kier alpha value is -2.15. The molecule has 0 amide bonds. The molecule has 0 aliphatic rings. The van der Waals surface area contributed by atoms with Gasteiger partial charge in [-0.2, -0.15) is 0 Å². The van der Waals surface area contributed by atoms with Gasteiger partial charge in [0.2, 0.25) is 11.7 Å². The van der Waals surface area contributed by atoms with Gasteiger partial charge in [-0.15, -0.1) is 0 Å². The number of benzene rings is 1. The molecule has 0 spiro atoms. The van der Waals surface area contributed by atoms with E-state index in [-0.39, 0.29) is 16.5 Å². The van der Waals surface area contributed by atoms with E-state index < -0.39 is 15.8 Å². The smallest absolute Gasteiger partial charge is 0.373 e. The molecule has 0 saturated heterocycles. The van der Waals surface area contributed by atoms with Crippen molar-refractivity contribution in [2.75, 3.05) is 6.26 Å². The first-order valence-electron chi connectivity index (χ1n) is 5.86. The molecule has 0 aliphatic carbocycles. The predicted molar refractivity (Wildman–Crippen MR) is 71.4 cm³/mol. The van der Waals surface area contributed by atoms with Crippen LogP contribution in [0.5, 0.6) is 0 Å². The fourth-order valence-corrected chi connectivity index (χ4v) is 2.36. The van der Waals surface area contributed by atoms with E-state index in [4.69, 9.17) is 9.52 Å². The number of nitrogens with zero attached hydrogens (tertiary/aromatic N) is 1. The molecular weight excluding hydrogens is 282 g/mol. The fraction of sp³-hybridized carbons (Fsp3) is 0.231. The van der Waals surface area contributed by atoms with Crippen molar-refractivity contribution in [3.63, 3.8) is 0 Å². The number of carbonyl (C=O) groups is 1. The summed E-state index contributed by atoms with van der Waals surface area (Å²) in [7, 11) is -3.27. The van der Waals surface area contributed by atoms with Crippen LogP contribution in [0.15, 0.2) is 33.6 Å². The third-order valence-electron chi connectivity index (χ3n) is 2.76. The van der Waals surface area contributed by atoms with Crippen molar-refractivity contribution >= 4 is 15.8 Å². The molecule has 1 aromatic carbocycles. The number of carboxylic acids is 1. The maximum absolute atomic E-state index is 11.4. The molecule has 20 heavy (non-hydrogen) atoms. The molecule has 0 fully saturated rings. The first-order chi connectivity index (χ1) is 9.32. The lowest BCUT2D eigenvalue weighted by molar-refractivity contribution is 0.0662. The first kappa shape index (κ1) is 14.3. The Bertz CT molecular complexity index is 744. The van der Waals surface area contributed by atoms with Crippen LogP contribution >= 0.6 is 0 Å². The molecule has 0 aliphatic heterocycles. The Morgan fingerprint density at radius 1 is 1.30 bits per heavy atom. The number of aromatic nitrogens is 1. The summed E-state index contributed by atoms with van der Waals surface area (Å²) in [5.74, 6) is -1.19. The van der Waals surface area contributed by atoms with Crippen molar-refractivity contribution in [3.8, 4) is 11.5 Å². The van der Waals surface area contributed by atoms with Crippen LogP contribution in [0.1, 0.15) is 23.2 Å². The lowest BCUT2D eigenvalue weighted by Gasteiger charge is -1.99. The number of aromatic carboxylic acids is 1. The lowest BCUT2D eigenvalue weighted by Crippen LogP contribution is -1.98. The Balaban J connectivity index is 2.45. The van der Waals surface area contributed by atoms with Gasteiger partial charge in [0.25, 0.3) is 0 Å². The SMILES string of the molecule is CCc1nc(-c2ccc(S(C)(=O)=O)cc2)oc1C(=O)O. The average Bonchev–Trinajstić information content (AvgIpc) is 2.82. The highest BCUT2D eigenvalue weighted by Gasteiger charge is 2.19. The number of sulfone groups is 1. The second-order valence-electron chi connectivity index (χ2n) is 4.25. The number of aryl methyl sites for hydroxylation is 1. The largest absolute Gasteiger partial charge is 0.475 e. The van der Waals surface area contributed by atoms with Gasteiger partial charge in [0.05, 0.1) is 10.6 Å². The van der Waals surface area contributed by atoms with Crippen LogP contribution in [0.3, 0.4) is 0 Å². The van der Waals surface area contributed by atoms with Crippen molar-refractivity contribution in [1.82, 2.24) is 4.98 Å². The highest BCUT2D eigenvalue weighted by molar-refractivity contribution is 7.90. The van der Waals surface area contributed by atoms with E-state index in [0.717, 1.165) is 6.26 Å². The molecular formula is C13H13NO5S. The number of carboxylic acid groups (broad SMARTS) is 1. The Morgan fingerprint density at radius 2 is 1.90 bits per heavy atom. The van der Waals surface area contributed by atoms with Gasteiger partial charge >= 0.3 is 5.97 Å². The average molecular weight is 295 g/mol. The summed E-state index contributed by atoms with van der Waals surface area (Å²) in [5.41, 5.74) is 0.888. The number of hydrogen-bond acceptors (Lipinski definition) is 5. The second-order valence-corrected chi connectivity index (χ2v) is 6.27. The monoisotopic (exact) mass is 295 g/mol. The number of oxazole rings is 1. The quantitative estimate of drug-likeness (QED) is 0.926. The molecule has 1 N–H and O–H groups in total. The van der Waals surface area contributed by atoms with Gasteiger partial charge in [0.1, 0.15) is 0 Å². The predicted octanol–water partition coefficient (Wildman–Crippen LogP) is 2.01. The van der Waals surface area contributed by atoms with Crippen molar-refractivity contribution in [1.29, 1.82) is 0 Å². The Morgan fingerprint density at radius 3 is 2.30 bits per heavy atom. The van der Waals surface area contributed by atoms with E-state index in [1.54, 1.807) is 6.92 Å². The summed E-state index contributed by atoms with van der Waals surface area (Å²) in [6.45, 7) is 1.78. The van der Waals surface area contributed by atoms with E-state index in [1.807, 2.05) is 0 Å². The summed E-state index contributed by atoms with van der Waals surface area (Å²) < 4.78 is 27.9. The van der Waals surface area contributed by atoms with Gasteiger partial charge in [-0.05, 0) is 30.7 Å². The van der Waals surface area contributed by atoms with Crippen molar-refractivity contribution in [3.05, 3.63) is 35.7 Å². The van der Waals surface area contributed by atoms with Crippen molar-refractivity contribution < 1.29 is 22.7 Å². The van der Waals surface area contributed by atoms with E-state index in [2.05, 4.69) is 4.98 Å². The van der Waals surface area contributed by atoms with Gasteiger partial charge in [0.15, 0.2) is 9.84 Å². The van der Waals surface area contributed by atoms with E-state index in [9.17, 15) is 13.2 Å². The van der Waals surface area contributed by atoms with Crippen LogP contribution in [0.25, 0.3) is 11.5 Å². The molecule has 0 atom stereocenters. The normalized spacial score (nSPS) is 11.5. The number of rotatable bonds is 4. The molecule has 0 saturated carbocycles. The standard InChI is InChI=1S/C13H13NO5S/c1-3-10-11(13(15)16)19-12(14-10)8-4-6-9(7-5-8)20(2,17)18/h4-7H,3H2,1-2H3,(H,15,16). The first-order valence-corrected chi connectivity index (χ1v) is 7.75. The van der Waals surface area contributed by atoms with E-state index >= 15 is 0 Å². The van der Waals surface area contributed by atoms with E-state index in [1.165, 1.54) is 24.3 Å². The molecule has 1 heterocycles. The molecule has 0 bridgehead atoms. The highest BCUT2D eigenvalue weighted by atomic mass is 32.2. The molecule has 2 rings (SSSR count).